The molecule has 0 bridgehead atoms. The molecule has 0 aliphatic rings. The predicted molar refractivity (Wildman–Crippen MR) is 123 cm³/mol. The first-order valence-corrected chi connectivity index (χ1v) is 10.3. The van der Waals surface area contributed by atoms with Crippen LogP contribution in [0.2, 0.25) is 0 Å². The summed E-state index contributed by atoms with van der Waals surface area (Å²) < 4.78 is 6.06. The zero-order chi connectivity index (χ0) is 22.2. The maximum atomic E-state index is 12.0. The summed E-state index contributed by atoms with van der Waals surface area (Å²) in [5, 5.41) is 8.58. The number of fused-ring (bicyclic) bond motifs is 1. The van der Waals surface area contributed by atoms with Crippen LogP contribution in [-0.2, 0) is 16.2 Å². The molecule has 0 unspecified atom stereocenters. The van der Waals surface area contributed by atoms with E-state index < -0.39 is 11.8 Å². The van der Waals surface area contributed by atoms with Crippen molar-refractivity contribution in [3.05, 3.63) is 77.4 Å². The summed E-state index contributed by atoms with van der Waals surface area (Å²) in [6.07, 6.45) is 2.25. The van der Waals surface area contributed by atoms with Crippen molar-refractivity contribution in [2.75, 3.05) is 0 Å². The van der Waals surface area contributed by atoms with E-state index in [9.17, 15) is 9.59 Å². The Balaban J connectivity index is 1.79. The number of rotatable bonds is 7. The Kier molecular flexibility index (Phi) is 7.38. The predicted octanol–water partition coefficient (Wildman–Crippen LogP) is 4.09. The topological polar surface area (TPSA) is 79.8 Å². The van der Waals surface area contributed by atoms with Gasteiger partial charge in [0.15, 0.2) is 0 Å². The number of hydrazone groups is 1. The first kappa shape index (κ1) is 22.0. The second-order valence-corrected chi connectivity index (χ2v) is 7.45. The van der Waals surface area contributed by atoms with Gasteiger partial charge in [0, 0.05) is 11.6 Å². The molecule has 3 aromatic rings. The summed E-state index contributed by atoms with van der Waals surface area (Å²) in [6.45, 7) is 6.21. The number of ether oxygens (including phenoxy) is 1. The second kappa shape index (κ2) is 10.4. The van der Waals surface area contributed by atoms with Gasteiger partial charge in [-0.05, 0) is 42.7 Å². The van der Waals surface area contributed by atoms with Crippen LogP contribution in [0.25, 0.3) is 10.8 Å². The van der Waals surface area contributed by atoms with Crippen molar-refractivity contribution >= 4 is 28.8 Å². The van der Waals surface area contributed by atoms with Gasteiger partial charge >= 0.3 is 11.8 Å². The molecule has 6 heteroatoms. The third kappa shape index (κ3) is 5.92. The smallest absolute Gasteiger partial charge is 0.329 e. The van der Waals surface area contributed by atoms with Crippen molar-refractivity contribution in [3.8, 4) is 5.75 Å². The first-order chi connectivity index (χ1) is 15.0. The van der Waals surface area contributed by atoms with E-state index in [1.807, 2.05) is 81.4 Å². The standard InChI is InChI=1S/C25H27N3O3/c1-4-18(3)27-24(29)25(30)28-26-15-22-21-8-6-5-7-20(21)13-14-23(22)31-16-19-11-9-17(2)10-12-19/h5-15,18H,4,16H2,1-3H3,(H,27,29)(H,28,30)/b26-15-/t18-/m0/s1. The number of hydrogen-bond acceptors (Lipinski definition) is 4. The van der Waals surface area contributed by atoms with Crippen LogP contribution in [0.5, 0.6) is 5.75 Å². The van der Waals surface area contributed by atoms with Gasteiger partial charge in [0.1, 0.15) is 12.4 Å². The van der Waals surface area contributed by atoms with Crippen molar-refractivity contribution in [1.82, 2.24) is 10.7 Å². The minimum absolute atomic E-state index is 0.0814. The lowest BCUT2D eigenvalue weighted by Gasteiger charge is -2.12. The molecular formula is C25H27N3O3. The molecule has 0 saturated carbocycles. The van der Waals surface area contributed by atoms with E-state index in [1.54, 1.807) is 0 Å². The van der Waals surface area contributed by atoms with E-state index in [1.165, 1.54) is 11.8 Å². The lowest BCUT2D eigenvalue weighted by molar-refractivity contribution is -0.139. The molecule has 3 aromatic carbocycles. The highest BCUT2D eigenvalue weighted by molar-refractivity contribution is 6.35. The monoisotopic (exact) mass is 417 g/mol. The molecule has 0 radical (unpaired) electrons. The fourth-order valence-electron chi connectivity index (χ4n) is 2.98. The van der Waals surface area contributed by atoms with Crippen LogP contribution in [0.3, 0.4) is 0 Å². The van der Waals surface area contributed by atoms with Crippen molar-refractivity contribution in [2.24, 2.45) is 5.10 Å². The van der Waals surface area contributed by atoms with Crippen LogP contribution in [0.15, 0.2) is 65.8 Å². The molecule has 160 valence electrons. The van der Waals surface area contributed by atoms with Crippen molar-refractivity contribution in [1.29, 1.82) is 0 Å². The van der Waals surface area contributed by atoms with Gasteiger partial charge in [0.25, 0.3) is 0 Å². The number of carbonyl (C=O) groups is 2. The highest BCUT2D eigenvalue weighted by atomic mass is 16.5. The normalized spacial score (nSPS) is 12.0. The van der Waals surface area contributed by atoms with E-state index in [2.05, 4.69) is 15.8 Å². The van der Waals surface area contributed by atoms with Crippen LogP contribution in [0, 0.1) is 6.92 Å². The van der Waals surface area contributed by atoms with E-state index >= 15 is 0 Å². The quantitative estimate of drug-likeness (QED) is 0.345. The van der Waals surface area contributed by atoms with Gasteiger partial charge in [-0.2, -0.15) is 5.10 Å². The summed E-state index contributed by atoms with van der Waals surface area (Å²) in [7, 11) is 0. The van der Waals surface area contributed by atoms with E-state index in [0.29, 0.717) is 12.4 Å². The number of hydrogen-bond donors (Lipinski definition) is 2. The van der Waals surface area contributed by atoms with Gasteiger partial charge in [-0.15, -0.1) is 0 Å². The Labute approximate surface area is 182 Å². The second-order valence-electron chi connectivity index (χ2n) is 7.45. The first-order valence-electron chi connectivity index (χ1n) is 10.3. The number of nitrogens with one attached hydrogen (secondary N) is 2. The summed E-state index contributed by atoms with van der Waals surface area (Å²) in [5.74, 6) is -0.875. The SMILES string of the molecule is CC[C@H](C)NC(=O)C(=O)N/N=C\c1c(OCc2ccc(C)cc2)ccc2ccccc12. The van der Waals surface area contributed by atoms with Gasteiger partial charge in [0.05, 0.1) is 6.21 Å². The largest absolute Gasteiger partial charge is 0.488 e. The molecule has 0 aliphatic carbocycles. The molecule has 1 atom stereocenters. The Bertz CT molecular complexity index is 1090. The molecule has 0 aromatic heterocycles. The molecule has 2 amide bonds. The molecule has 6 nitrogen and oxygen atoms in total. The molecule has 0 saturated heterocycles. The van der Waals surface area contributed by atoms with E-state index in [0.717, 1.165) is 28.3 Å². The molecule has 3 rings (SSSR count). The Hall–Kier alpha value is -3.67. The molecule has 0 aliphatic heterocycles. The lowest BCUT2D eigenvalue weighted by Crippen LogP contribution is -2.41. The van der Waals surface area contributed by atoms with Gasteiger partial charge in [-0.3, -0.25) is 9.59 Å². The fourth-order valence-corrected chi connectivity index (χ4v) is 2.98. The van der Waals surface area contributed by atoms with Crippen molar-refractivity contribution in [2.45, 2.75) is 39.8 Å². The number of benzene rings is 3. The average molecular weight is 418 g/mol. The lowest BCUT2D eigenvalue weighted by atomic mass is 10.0. The summed E-state index contributed by atoms with van der Waals surface area (Å²) in [5.41, 5.74) is 5.27. The van der Waals surface area contributed by atoms with Crippen LogP contribution in [0.4, 0.5) is 0 Å². The van der Waals surface area contributed by atoms with Crippen molar-refractivity contribution in [3.63, 3.8) is 0 Å². The zero-order valence-corrected chi connectivity index (χ0v) is 18.0. The molecule has 0 spiro atoms. The summed E-state index contributed by atoms with van der Waals surface area (Å²) in [6, 6.07) is 19.8. The molecule has 31 heavy (non-hydrogen) atoms. The molecule has 0 heterocycles. The number of carbonyl (C=O) groups excluding carboxylic acids is 2. The van der Waals surface area contributed by atoms with Gasteiger partial charge < -0.3 is 10.1 Å². The minimum atomic E-state index is -0.807. The summed E-state index contributed by atoms with van der Waals surface area (Å²) in [4.78, 5) is 23.9. The molecule has 0 fully saturated rings. The van der Waals surface area contributed by atoms with Gasteiger partial charge in [-0.1, -0.05) is 67.1 Å². The Morgan fingerprint density at radius 2 is 1.77 bits per heavy atom. The third-order valence-electron chi connectivity index (χ3n) is 5.00. The van der Waals surface area contributed by atoms with Crippen LogP contribution < -0.4 is 15.5 Å². The Morgan fingerprint density at radius 3 is 2.52 bits per heavy atom. The molecular weight excluding hydrogens is 390 g/mol. The molecule has 2 N–H and O–H groups in total. The number of amides is 2. The fraction of sp³-hybridized carbons (Fsp3) is 0.240. The van der Waals surface area contributed by atoms with E-state index in [4.69, 9.17) is 4.74 Å². The third-order valence-corrected chi connectivity index (χ3v) is 5.00. The van der Waals surface area contributed by atoms with E-state index in [-0.39, 0.29) is 6.04 Å². The summed E-state index contributed by atoms with van der Waals surface area (Å²) >= 11 is 0. The van der Waals surface area contributed by atoms with Crippen LogP contribution >= 0.6 is 0 Å². The Morgan fingerprint density at radius 1 is 1.03 bits per heavy atom. The highest BCUT2D eigenvalue weighted by Gasteiger charge is 2.14. The average Bonchev–Trinajstić information content (AvgIpc) is 2.79. The maximum Gasteiger partial charge on any atom is 0.329 e. The van der Waals surface area contributed by atoms with Gasteiger partial charge in [0.2, 0.25) is 0 Å². The maximum absolute atomic E-state index is 12.0. The van der Waals surface area contributed by atoms with Crippen LogP contribution in [-0.4, -0.2) is 24.1 Å². The minimum Gasteiger partial charge on any atom is -0.488 e. The highest BCUT2D eigenvalue weighted by Crippen LogP contribution is 2.27. The van der Waals surface area contributed by atoms with Gasteiger partial charge in [-0.25, -0.2) is 5.43 Å². The zero-order valence-electron chi connectivity index (χ0n) is 18.0. The number of nitrogens with zero attached hydrogens (tertiary/aromatic N) is 1. The number of aryl methyl sites for hydroxylation is 1. The van der Waals surface area contributed by atoms with Crippen LogP contribution in [0.1, 0.15) is 37.0 Å². The van der Waals surface area contributed by atoms with Crippen molar-refractivity contribution < 1.29 is 14.3 Å².